The van der Waals surface area contributed by atoms with Gasteiger partial charge in [0.2, 0.25) is 0 Å². The van der Waals surface area contributed by atoms with E-state index >= 15 is 0 Å². The van der Waals surface area contributed by atoms with Crippen molar-refractivity contribution >= 4 is 11.3 Å². The summed E-state index contributed by atoms with van der Waals surface area (Å²) in [7, 11) is 1.68. The molecule has 0 saturated heterocycles. The third kappa shape index (κ3) is 4.04. The van der Waals surface area contributed by atoms with Crippen LogP contribution in [0.25, 0.3) is 0 Å². The number of ether oxygens (including phenoxy) is 1. The predicted molar refractivity (Wildman–Crippen MR) is 79.8 cm³/mol. The Bertz CT molecular complexity index is 537. The molecule has 3 nitrogen and oxygen atoms in total. The predicted octanol–water partition coefficient (Wildman–Crippen LogP) is 3.31. The fourth-order valence-corrected chi connectivity index (χ4v) is 2.86. The highest BCUT2D eigenvalue weighted by Crippen LogP contribution is 2.17. The number of hydrogen-bond acceptors (Lipinski definition) is 4. The van der Waals surface area contributed by atoms with E-state index in [4.69, 9.17) is 4.74 Å². The molecule has 2 aromatic rings. The summed E-state index contributed by atoms with van der Waals surface area (Å²) in [5.41, 5.74) is 2.00. The Balaban J connectivity index is 1.90. The molecule has 4 heteroatoms. The van der Waals surface area contributed by atoms with Crippen LogP contribution in [0.15, 0.2) is 24.3 Å². The van der Waals surface area contributed by atoms with Gasteiger partial charge in [-0.05, 0) is 25.5 Å². The molecule has 19 heavy (non-hydrogen) atoms. The summed E-state index contributed by atoms with van der Waals surface area (Å²) in [4.78, 5) is 7.30. The van der Waals surface area contributed by atoms with E-state index in [0.29, 0.717) is 0 Å². The second-order valence-corrected chi connectivity index (χ2v) is 5.72. The number of hydrogen-bond donors (Lipinski definition) is 1. The van der Waals surface area contributed by atoms with E-state index < -0.39 is 0 Å². The number of thiophene rings is 1. The normalized spacial score (nSPS) is 10.7. The van der Waals surface area contributed by atoms with E-state index in [1.165, 1.54) is 9.75 Å². The van der Waals surface area contributed by atoms with Crippen LogP contribution >= 0.6 is 11.3 Å². The Kier molecular flexibility index (Phi) is 4.93. The molecule has 0 amide bonds. The summed E-state index contributed by atoms with van der Waals surface area (Å²) >= 11 is 1.87. The van der Waals surface area contributed by atoms with Gasteiger partial charge in [-0.15, -0.1) is 11.3 Å². The lowest BCUT2D eigenvalue weighted by molar-refractivity contribution is 0.412. The molecule has 0 aliphatic rings. The maximum atomic E-state index is 5.25. The fraction of sp³-hybridized carbons (Fsp3) is 0.400. The molecular weight excluding hydrogens is 256 g/mol. The molecule has 0 unspecified atom stereocenters. The summed E-state index contributed by atoms with van der Waals surface area (Å²) in [6.45, 7) is 5.82. The molecule has 2 rings (SSSR count). The average molecular weight is 276 g/mol. The number of rotatable bonds is 6. The lowest BCUT2D eigenvalue weighted by atomic mass is 10.3. The van der Waals surface area contributed by atoms with Crippen molar-refractivity contribution in [3.63, 3.8) is 0 Å². The zero-order chi connectivity index (χ0) is 13.7. The Morgan fingerprint density at radius 3 is 2.68 bits per heavy atom. The van der Waals surface area contributed by atoms with Crippen molar-refractivity contribution in [3.8, 4) is 5.75 Å². The van der Waals surface area contributed by atoms with E-state index in [0.717, 1.165) is 36.6 Å². The molecule has 0 aromatic carbocycles. The average Bonchev–Trinajstić information content (AvgIpc) is 2.86. The monoisotopic (exact) mass is 276 g/mol. The minimum Gasteiger partial charge on any atom is -0.497 e. The van der Waals surface area contributed by atoms with Gasteiger partial charge in [0.15, 0.2) is 0 Å². The van der Waals surface area contributed by atoms with Crippen LogP contribution in [0.5, 0.6) is 5.75 Å². The SMILES string of the molecule is CCc1ccc(CNCc2cc(OC)cc(C)n2)s1. The number of aromatic nitrogens is 1. The van der Waals surface area contributed by atoms with E-state index in [2.05, 4.69) is 29.4 Å². The van der Waals surface area contributed by atoms with Crippen LogP contribution in [-0.2, 0) is 19.5 Å². The molecular formula is C15H20N2OS. The van der Waals surface area contributed by atoms with E-state index in [1.807, 2.05) is 30.4 Å². The van der Waals surface area contributed by atoms with Crippen LogP contribution in [0.3, 0.4) is 0 Å². The summed E-state index contributed by atoms with van der Waals surface area (Å²) < 4.78 is 5.25. The summed E-state index contributed by atoms with van der Waals surface area (Å²) in [5, 5.41) is 3.43. The number of pyridine rings is 1. The Hall–Kier alpha value is -1.39. The second kappa shape index (κ2) is 6.68. The lowest BCUT2D eigenvalue weighted by Gasteiger charge is -2.07. The van der Waals surface area contributed by atoms with Crippen LogP contribution < -0.4 is 10.1 Å². The first kappa shape index (κ1) is 14.0. The molecule has 2 aromatic heterocycles. The maximum absolute atomic E-state index is 5.25. The number of nitrogens with one attached hydrogen (secondary N) is 1. The minimum absolute atomic E-state index is 0.761. The highest BCUT2D eigenvalue weighted by molar-refractivity contribution is 7.11. The molecule has 0 spiro atoms. The van der Waals surface area contributed by atoms with Gasteiger partial charge in [0.25, 0.3) is 0 Å². The van der Waals surface area contributed by atoms with Gasteiger partial charge in [-0.1, -0.05) is 6.92 Å². The zero-order valence-electron chi connectivity index (χ0n) is 11.7. The van der Waals surface area contributed by atoms with Crippen LogP contribution in [0.1, 0.15) is 28.1 Å². The van der Waals surface area contributed by atoms with E-state index in [9.17, 15) is 0 Å². The van der Waals surface area contributed by atoms with Crippen LogP contribution in [0.4, 0.5) is 0 Å². The quantitative estimate of drug-likeness (QED) is 0.879. The molecule has 0 aliphatic carbocycles. The summed E-state index contributed by atoms with van der Waals surface area (Å²) in [5.74, 6) is 0.869. The first-order chi connectivity index (χ1) is 9.21. The van der Waals surface area contributed by atoms with Crippen molar-refractivity contribution in [2.24, 2.45) is 0 Å². The molecule has 0 bridgehead atoms. The number of aryl methyl sites for hydroxylation is 2. The van der Waals surface area contributed by atoms with Gasteiger partial charge in [-0.3, -0.25) is 4.98 Å². The first-order valence-corrected chi connectivity index (χ1v) is 7.32. The number of methoxy groups -OCH3 is 1. The van der Waals surface area contributed by atoms with Gasteiger partial charge in [-0.25, -0.2) is 0 Å². The Labute approximate surface area is 118 Å². The Morgan fingerprint density at radius 2 is 2.00 bits per heavy atom. The van der Waals surface area contributed by atoms with Gasteiger partial charge >= 0.3 is 0 Å². The second-order valence-electron chi connectivity index (χ2n) is 4.46. The molecule has 0 fully saturated rings. The van der Waals surface area contributed by atoms with Gasteiger partial charge in [-0.2, -0.15) is 0 Å². The van der Waals surface area contributed by atoms with Gasteiger partial charge in [0.05, 0.1) is 12.8 Å². The molecule has 0 radical (unpaired) electrons. The summed E-state index contributed by atoms with van der Waals surface area (Å²) in [6.07, 6.45) is 1.11. The van der Waals surface area contributed by atoms with E-state index in [-0.39, 0.29) is 0 Å². The smallest absolute Gasteiger partial charge is 0.122 e. The van der Waals surface area contributed by atoms with Crippen LogP contribution in [0, 0.1) is 6.92 Å². The third-order valence-electron chi connectivity index (χ3n) is 2.89. The largest absolute Gasteiger partial charge is 0.497 e. The molecule has 0 saturated carbocycles. The van der Waals surface area contributed by atoms with E-state index in [1.54, 1.807) is 7.11 Å². The molecule has 2 heterocycles. The molecule has 1 N–H and O–H groups in total. The van der Waals surface area contributed by atoms with Crippen LogP contribution in [0.2, 0.25) is 0 Å². The van der Waals surface area contributed by atoms with Gasteiger partial charge < -0.3 is 10.1 Å². The standard InChI is InChI=1S/C15H20N2OS/c1-4-14-5-6-15(19-14)10-16-9-12-8-13(18-3)7-11(2)17-12/h5-8,16H,4,9-10H2,1-3H3. The first-order valence-electron chi connectivity index (χ1n) is 6.51. The van der Waals surface area contributed by atoms with Crippen molar-refractivity contribution in [2.45, 2.75) is 33.4 Å². The van der Waals surface area contributed by atoms with Crippen molar-refractivity contribution in [1.29, 1.82) is 0 Å². The van der Waals surface area contributed by atoms with Crippen molar-refractivity contribution in [1.82, 2.24) is 10.3 Å². The molecule has 102 valence electrons. The van der Waals surface area contributed by atoms with Crippen molar-refractivity contribution in [3.05, 3.63) is 45.4 Å². The van der Waals surface area contributed by atoms with Gasteiger partial charge in [0, 0.05) is 40.7 Å². The minimum atomic E-state index is 0.761. The third-order valence-corrected chi connectivity index (χ3v) is 4.12. The molecule has 0 aliphatic heterocycles. The zero-order valence-corrected chi connectivity index (χ0v) is 12.5. The van der Waals surface area contributed by atoms with Crippen LogP contribution in [-0.4, -0.2) is 12.1 Å². The fourth-order valence-electron chi connectivity index (χ4n) is 1.93. The number of nitrogens with zero attached hydrogens (tertiary/aromatic N) is 1. The summed E-state index contributed by atoms with van der Waals surface area (Å²) in [6, 6.07) is 8.32. The lowest BCUT2D eigenvalue weighted by Crippen LogP contribution is -2.13. The van der Waals surface area contributed by atoms with Crippen molar-refractivity contribution < 1.29 is 4.74 Å². The highest BCUT2D eigenvalue weighted by Gasteiger charge is 2.02. The van der Waals surface area contributed by atoms with Crippen molar-refractivity contribution in [2.75, 3.05) is 7.11 Å². The molecule has 0 atom stereocenters. The van der Waals surface area contributed by atoms with Gasteiger partial charge in [0.1, 0.15) is 5.75 Å². The maximum Gasteiger partial charge on any atom is 0.122 e. The Morgan fingerprint density at radius 1 is 1.21 bits per heavy atom. The highest BCUT2D eigenvalue weighted by atomic mass is 32.1. The topological polar surface area (TPSA) is 34.1 Å².